The van der Waals surface area contributed by atoms with E-state index in [1.807, 2.05) is 38.1 Å². The Hall–Kier alpha value is -3.71. The molecule has 0 unspecified atom stereocenters. The Kier molecular flexibility index (Phi) is 7.35. The summed E-state index contributed by atoms with van der Waals surface area (Å²) >= 11 is 6.06. The summed E-state index contributed by atoms with van der Waals surface area (Å²) in [6.45, 7) is 3.72. The first-order chi connectivity index (χ1) is 14.9. The second-order valence-corrected chi connectivity index (χ2v) is 7.15. The van der Waals surface area contributed by atoms with Crippen LogP contribution in [0.25, 0.3) is 0 Å². The molecule has 0 spiro atoms. The molecule has 2 N–H and O–H groups in total. The monoisotopic (exact) mass is 436 g/mol. The summed E-state index contributed by atoms with van der Waals surface area (Å²) in [4.78, 5) is 12.0. The largest absolute Gasteiger partial charge is 0.507 e. The van der Waals surface area contributed by atoms with Crippen molar-refractivity contribution >= 4 is 35.1 Å². The number of rotatable bonds is 7. The van der Waals surface area contributed by atoms with Crippen LogP contribution in [-0.2, 0) is 4.79 Å². The number of carbonyl (C=O) groups excluding carboxylic acids is 1. The number of aryl methyl sites for hydroxylation is 2. The van der Waals surface area contributed by atoms with E-state index >= 15 is 0 Å². The molecule has 0 saturated carbocycles. The number of hydrogen-bond acceptors (Lipinski definition) is 6. The zero-order chi connectivity index (χ0) is 22.2. The van der Waals surface area contributed by atoms with Crippen LogP contribution in [0.2, 0.25) is 5.02 Å². The first-order valence-electron chi connectivity index (χ1n) is 9.43. The lowest BCUT2D eigenvalue weighted by Crippen LogP contribution is -2.24. The highest BCUT2D eigenvalue weighted by atomic mass is 35.5. The number of hydrazone groups is 1. The van der Waals surface area contributed by atoms with Crippen molar-refractivity contribution in [3.63, 3.8) is 0 Å². The fourth-order valence-corrected chi connectivity index (χ4v) is 2.84. The average molecular weight is 437 g/mol. The number of benzene rings is 3. The Bertz CT molecular complexity index is 1150. The molecule has 158 valence electrons. The fraction of sp³-hybridized carbons (Fsp3) is 0.130. The summed E-state index contributed by atoms with van der Waals surface area (Å²) in [5.74, 6) is 0.199. The van der Waals surface area contributed by atoms with Crippen LogP contribution in [0.1, 0.15) is 16.7 Å². The van der Waals surface area contributed by atoms with Gasteiger partial charge in [0.15, 0.2) is 6.61 Å². The van der Waals surface area contributed by atoms with Crippen LogP contribution in [0.15, 0.2) is 76.0 Å². The maximum Gasteiger partial charge on any atom is 0.277 e. The highest BCUT2D eigenvalue weighted by Crippen LogP contribution is 2.27. The van der Waals surface area contributed by atoms with Gasteiger partial charge in [0.25, 0.3) is 5.91 Å². The molecule has 7 nitrogen and oxygen atoms in total. The molecule has 0 aromatic heterocycles. The van der Waals surface area contributed by atoms with Gasteiger partial charge in [-0.1, -0.05) is 41.4 Å². The lowest BCUT2D eigenvalue weighted by molar-refractivity contribution is -0.123. The number of nitrogens with one attached hydrogen (secondary N) is 1. The predicted molar refractivity (Wildman–Crippen MR) is 121 cm³/mol. The first-order valence-corrected chi connectivity index (χ1v) is 9.81. The van der Waals surface area contributed by atoms with Crippen molar-refractivity contribution in [1.29, 1.82) is 0 Å². The summed E-state index contributed by atoms with van der Waals surface area (Å²) in [6.07, 6.45) is 1.32. The molecule has 0 fully saturated rings. The summed E-state index contributed by atoms with van der Waals surface area (Å²) in [6, 6.07) is 17.4. The van der Waals surface area contributed by atoms with Gasteiger partial charge in [0.1, 0.15) is 17.2 Å². The second-order valence-electron chi connectivity index (χ2n) is 6.75. The van der Waals surface area contributed by atoms with Crippen LogP contribution < -0.4 is 10.2 Å². The van der Waals surface area contributed by atoms with E-state index in [4.69, 9.17) is 16.3 Å². The smallest absolute Gasteiger partial charge is 0.277 e. The van der Waals surface area contributed by atoms with E-state index in [1.54, 1.807) is 30.3 Å². The molecule has 3 aromatic rings. The Labute approximate surface area is 185 Å². The van der Waals surface area contributed by atoms with Crippen LogP contribution in [0.4, 0.5) is 11.4 Å². The summed E-state index contributed by atoms with van der Waals surface area (Å²) in [5.41, 5.74) is 5.82. The number of halogens is 1. The van der Waals surface area contributed by atoms with E-state index in [1.165, 1.54) is 12.3 Å². The summed E-state index contributed by atoms with van der Waals surface area (Å²) in [7, 11) is 0. The van der Waals surface area contributed by atoms with Crippen LogP contribution in [-0.4, -0.2) is 23.8 Å². The molecule has 31 heavy (non-hydrogen) atoms. The molecular weight excluding hydrogens is 416 g/mol. The minimum atomic E-state index is -0.426. The van der Waals surface area contributed by atoms with Crippen LogP contribution in [0.3, 0.4) is 0 Å². The van der Waals surface area contributed by atoms with Crippen molar-refractivity contribution in [3.8, 4) is 11.5 Å². The summed E-state index contributed by atoms with van der Waals surface area (Å²) in [5, 5.41) is 22.6. The molecule has 8 heteroatoms. The number of ether oxygens (including phenoxy) is 1. The van der Waals surface area contributed by atoms with E-state index in [0.717, 1.165) is 11.1 Å². The van der Waals surface area contributed by atoms with Gasteiger partial charge in [-0.05, 0) is 55.8 Å². The van der Waals surface area contributed by atoms with Gasteiger partial charge in [-0.25, -0.2) is 5.43 Å². The number of carbonyl (C=O) groups is 1. The molecule has 0 saturated heterocycles. The standard InChI is InChI=1S/C23H21ClN4O3/c1-15-7-10-22(16(2)11-15)31-14-23(30)28-25-13-17-12-18(8-9-21(17)29)26-27-20-6-4-3-5-19(20)24/h3-13,29H,14H2,1-2H3,(H,28,30)/b25-13-,27-26?. The zero-order valence-corrected chi connectivity index (χ0v) is 17.8. The number of azo groups is 1. The maximum atomic E-state index is 12.0. The summed E-state index contributed by atoms with van der Waals surface area (Å²) < 4.78 is 5.51. The Balaban J connectivity index is 1.59. The van der Waals surface area contributed by atoms with Gasteiger partial charge in [0.05, 0.1) is 16.9 Å². The van der Waals surface area contributed by atoms with Crippen molar-refractivity contribution in [2.45, 2.75) is 13.8 Å². The van der Waals surface area contributed by atoms with Gasteiger partial charge < -0.3 is 9.84 Å². The Morgan fingerprint density at radius 2 is 1.90 bits per heavy atom. The van der Waals surface area contributed by atoms with E-state index in [0.29, 0.717) is 27.7 Å². The molecule has 0 radical (unpaired) electrons. The normalized spacial score (nSPS) is 11.2. The number of phenols is 1. The number of phenolic OH excluding ortho intramolecular Hbond substituents is 1. The van der Waals surface area contributed by atoms with Gasteiger partial charge in [-0.15, -0.1) is 5.11 Å². The highest BCUT2D eigenvalue weighted by Gasteiger charge is 2.05. The third-order valence-corrected chi connectivity index (χ3v) is 4.54. The predicted octanol–water partition coefficient (Wildman–Crippen LogP) is 5.61. The SMILES string of the molecule is Cc1ccc(OCC(=O)N/N=C\c2cc(N=Nc3ccccc3Cl)ccc2O)c(C)c1. The van der Waals surface area contributed by atoms with Gasteiger partial charge in [0.2, 0.25) is 0 Å². The van der Waals surface area contributed by atoms with E-state index < -0.39 is 5.91 Å². The molecule has 1 amide bonds. The zero-order valence-electron chi connectivity index (χ0n) is 17.0. The number of hydrogen-bond donors (Lipinski definition) is 2. The van der Waals surface area contributed by atoms with E-state index in [2.05, 4.69) is 20.8 Å². The second kappa shape index (κ2) is 10.4. The Morgan fingerprint density at radius 3 is 2.68 bits per heavy atom. The van der Waals surface area contributed by atoms with Crippen LogP contribution >= 0.6 is 11.6 Å². The van der Waals surface area contributed by atoms with E-state index in [-0.39, 0.29) is 12.4 Å². The highest BCUT2D eigenvalue weighted by molar-refractivity contribution is 6.32. The molecule has 0 bridgehead atoms. The topological polar surface area (TPSA) is 95.6 Å². The first kappa shape index (κ1) is 22.0. The third kappa shape index (κ3) is 6.38. The van der Waals surface area contributed by atoms with Crippen molar-refractivity contribution < 1.29 is 14.6 Å². The molecule has 0 aliphatic carbocycles. The molecule has 3 aromatic carbocycles. The molecular formula is C23H21ClN4O3. The lowest BCUT2D eigenvalue weighted by atomic mass is 10.1. The van der Waals surface area contributed by atoms with E-state index in [9.17, 15) is 9.90 Å². The number of aromatic hydroxyl groups is 1. The molecule has 3 rings (SSSR count). The molecule has 0 atom stereocenters. The van der Waals surface area contributed by atoms with Gasteiger partial charge in [0, 0.05) is 5.56 Å². The van der Waals surface area contributed by atoms with Crippen LogP contribution in [0, 0.1) is 13.8 Å². The molecule has 0 aliphatic rings. The quantitative estimate of drug-likeness (QED) is 0.286. The third-order valence-electron chi connectivity index (χ3n) is 4.22. The van der Waals surface area contributed by atoms with Crippen molar-refractivity contribution in [2.75, 3.05) is 6.61 Å². The maximum absolute atomic E-state index is 12.0. The van der Waals surface area contributed by atoms with Crippen molar-refractivity contribution in [1.82, 2.24) is 5.43 Å². The Morgan fingerprint density at radius 1 is 1.10 bits per heavy atom. The van der Waals surface area contributed by atoms with Gasteiger partial charge in [-0.2, -0.15) is 10.2 Å². The molecule has 0 heterocycles. The van der Waals surface area contributed by atoms with Gasteiger partial charge >= 0.3 is 0 Å². The fourth-order valence-electron chi connectivity index (χ4n) is 2.66. The molecule has 0 aliphatic heterocycles. The number of nitrogens with zero attached hydrogens (tertiary/aromatic N) is 3. The average Bonchev–Trinajstić information content (AvgIpc) is 2.74. The number of amides is 1. The van der Waals surface area contributed by atoms with Crippen molar-refractivity contribution in [3.05, 3.63) is 82.4 Å². The minimum absolute atomic E-state index is 0.0128. The van der Waals surface area contributed by atoms with Crippen LogP contribution in [0.5, 0.6) is 11.5 Å². The lowest BCUT2D eigenvalue weighted by Gasteiger charge is -2.08. The van der Waals surface area contributed by atoms with Crippen molar-refractivity contribution in [2.24, 2.45) is 15.3 Å². The van der Waals surface area contributed by atoms with Gasteiger partial charge in [-0.3, -0.25) is 4.79 Å². The minimum Gasteiger partial charge on any atom is -0.507 e.